The second-order valence-corrected chi connectivity index (χ2v) is 8.97. The van der Waals surface area contributed by atoms with E-state index in [1.54, 1.807) is 0 Å². The number of aryl methyl sites for hydroxylation is 1. The van der Waals surface area contributed by atoms with Crippen LogP contribution in [0.2, 0.25) is 0 Å². The van der Waals surface area contributed by atoms with Crippen molar-refractivity contribution in [2.45, 2.75) is 52.0 Å². The second-order valence-electron chi connectivity index (χ2n) is 7.95. The van der Waals surface area contributed by atoms with Crippen LogP contribution in [0.3, 0.4) is 0 Å². The lowest BCUT2D eigenvalue weighted by atomic mass is 9.71. The monoisotopic (exact) mass is 372 g/mol. The molecule has 0 amide bonds. The number of hydrogen-bond acceptors (Lipinski definition) is 1. The highest BCUT2D eigenvalue weighted by molar-refractivity contribution is 7.26. The molecule has 2 aromatic heterocycles. The number of hydrogen-bond donors (Lipinski definition) is 0. The first-order valence-corrected chi connectivity index (χ1v) is 10.9. The number of pyridine rings is 1. The van der Waals surface area contributed by atoms with Crippen LogP contribution in [0.4, 0.5) is 0 Å². The molecule has 3 heterocycles. The molecule has 2 aromatic carbocycles. The third-order valence-electron chi connectivity index (χ3n) is 6.99. The van der Waals surface area contributed by atoms with E-state index in [1.165, 1.54) is 42.6 Å². The number of rotatable bonds is 2. The third kappa shape index (κ3) is 2.08. The number of nitrogens with zero attached hydrogens (tertiary/aromatic N) is 1. The first-order chi connectivity index (χ1) is 13.1. The summed E-state index contributed by atoms with van der Waals surface area (Å²) in [5, 5.41) is 2.80. The molecule has 0 N–H and O–H groups in total. The minimum atomic E-state index is 0.157. The quantitative estimate of drug-likeness (QED) is 0.335. The Morgan fingerprint density at radius 2 is 1.70 bits per heavy atom. The zero-order chi connectivity index (χ0) is 18.8. The average Bonchev–Trinajstić information content (AvgIpc) is 3.09. The molecule has 0 radical (unpaired) electrons. The second kappa shape index (κ2) is 5.90. The standard InChI is InChI=1S/C25H26NS/c1-5-25(6-2)17(4)18-13-14-20-19-11-9-10-16(3)23(19)27-24(20)22(18)21-12-7-8-15-26(21)25/h7-15,17H,5-6H2,1-4H3/q+1. The maximum atomic E-state index is 2.58. The van der Waals surface area contributed by atoms with Crippen LogP contribution < -0.4 is 4.57 Å². The summed E-state index contributed by atoms with van der Waals surface area (Å²) in [5.74, 6) is 0.498. The Balaban J connectivity index is 1.95. The lowest BCUT2D eigenvalue weighted by molar-refractivity contribution is -0.762. The van der Waals surface area contributed by atoms with E-state index >= 15 is 0 Å². The van der Waals surface area contributed by atoms with Crippen molar-refractivity contribution in [3.8, 4) is 11.3 Å². The van der Waals surface area contributed by atoms with Gasteiger partial charge in [0.1, 0.15) is 0 Å². The summed E-state index contributed by atoms with van der Waals surface area (Å²) in [4.78, 5) is 0. The largest absolute Gasteiger partial charge is 0.214 e. The highest BCUT2D eigenvalue weighted by Crippen LogP contribution is 2.50. The van der Waals surface area contributed by atoms with Gasteiger partial charge >= 0.3 is 0 Å². The molecule has 0 saturated heterocycles. The van der Waals surface area contributed by atoms with E-state index in [2.05, 4.69) is 87.0 Å². The van der Waals surface area contributed by atoms with E-state index in [9.17, 15) is 0 Å². The topological polar surface area (TPSA) is 3.88 Å². The maximum absolute atomic E-state index is 2.58. The van der Waals surface area contributed by atoms with Crippen molar-refractivity contribution >= 4 is 31.5 Å². The number of fused-ring (bicyclic) bond motifs is 7. The van der Waals surface area contributed by atoms with Crippen molar-refractivity contribution in [2.75, 3.05) is 0 Å². The van der Waals surface area contributed by atoms with Crippen LogP contribution in [0.15, 0.2) is 54.7 Å². The minimum Gasteiger partial charge on any atom is -0.192 e. The minimum absolute atomic E-state index is 0.157. The summed E-state index contributed by atoms with van der Waals surface area (Å²) in [5.41, 5.74) is 5.89. The molecule has 0 spiro atoms. The van der Waals surface area contributed by atoms with Crippen molar-refractivity contribution in [1.82, 2.24) is 0 Å². The van der Waals surface area contributed by atoms with Gasteiger partial charge in [-0.15, -0.1) is 11.3 Å². The Bertz CT molecular complexity index is 1180. The summed E-state index contributed by atoms with van der Waals surface area (Å²) in [6, 6.07) is 18.2. The molecule has 1 aliphatic rings. The average molecular weight is 373 g/mol. The maximum Gasteiger partial charge on any atom is 0.214 e. The van der Waals surface area contributed by atoms with E-state index in [0.29, 0.717) is 5.92 Å². The first kappa shape index (κ1) is 16.9. The lowest BCUT2D eigenvalue weighted by Gasteiger charge is -2.38. The molecule has 2 heteroatoms. The molecule has 0 saturated carbocycles. The fourth-order valence-electron chi connectivity index (χ4n) is 5.38. The fourth-order valence-corrected chi connectivity index (χ4v) is 6.71. The van der Waals surface area contributed by atoms with Gasteiger partial charge in [0.2, 0.25) is 5.69 Å². The molecule has 1 atom stereocenters. The van der Waals surface area contributed by atoms with Crippen LogP contribution in [0, 0.1) is 6.92 Å². The van der Waals surface area contributed by atoms with Crippen molar-refractivity contribution in [3.05, 3.63) is 65.9 Å². The molecule has 1 aliphatic heterocycles. The lowest BCUT2D eigenvalue weighted by Crippen LogP contribution is -2.61. The third-order valence-corrected chi connectivity index (χ3v) is 8.36. The molecule has 4 aromatic rings. The van der Waals surface area contributed by atoms with Gasteiger partial charge in [0, 0.05) is 51.1 Å². The van der Waals surface area contributed by atoms with Crippen LogP contribution in [0.1, 0.15) is 50.7 Å². The summed E-state index contributed by atoms with van der Waals surface area (Å²) in [6.45, 7) is 9.35. The van der Waals surface area contributed by atoms with Crippen molar-refractivity contribution < 1.29 is 4.57 Å². The number of aromatic nitrogens is 1. The van der Waals surface area contributed by atoms with Gasteiger partial charge in [-0.1, -0.05) is 51.1 Å². The van der Waals surface area contributed by atoms with Gasteiger partial charge in [0.25, 0.3) is 0 Å². The first-order valence-electron chi connectivity index (χ1n) is 10.1. The highest BCUT2D eigenvalue weighted by atomic mass is 32.1. The zero-order valence-corrected chi connectivity index (χ0v) is 17.4. The predicted molar refractivity (Wildman–Crippen MR) is 117 cm³/mol. The predicted octanol–water partition coefficient (Wildman–Crippen LogP) is 6.95. The summed E-state index contributed by atoms with van der Waals surface area (Å²) in [7, 11) is 0. The van der Waals surface area contributed by atoms with Crippen molar-refractivity contribution in [3.63, 3.8) is 0 Å². The van der Waals surface area contributed by atoms with E-state index in [-0.39, 0.29) is 5.54 Å². The molecule has 0 aliphatic carbocycles. The van der Waals surface area contributed by atoms with Crippen LogP contribution >= 0.6 is 11.3 Å². The molecular weight excluding hydrogens is 346 g/mol. The van der Waals surface area contributed by atoms with Crippen LogP contribution in [0.5, 0.6) is 0 Å². The molecule has 0 fully saturated rings. The Hall–Kier alpha value is -2.19. The van der Waals surface area contributed by atoms with Gasteiger partial charge < -0.3 is 0 Å². The molecule has 27 heavy (non-hydrogen) atoms. The van der Waals surface area contributed by atoms with E-state index in [1.807, 2.05) is 11.3 Å². The van der Waals surface area contributed by atoms with Gasteiger partial charge in [-0.2, -0.15) is 4.57 Å². The molecule has 1 unspecified atom stereocenters. The van der Waals surface area contributed by atoms with Gasteiger partial charge in [-0.3, -0.25) is 0 Å². The molecule has 136 valence electrons. The number of thiophene rings is 1. The molecular formula is C25H26NS+. The summed E-state index contributed by atoms with van der Waals surface area (Å²) >= 11 is 1.97. The Labute approximate surface area is 165 Å². The normalized spacial score (nSPS) is 17.9. The molecule has 1 nitrogen and oxygen atoms in total. The summed E-state index contributed by atoms with van der Waals surface area (Å²) < 4.78 is 5.46. The molecule has 5 rings (SSSR count). The van der Waals surface area contributed by atoms with E-state index in [0.717, 1.165) is 12.8 Å². The van der Waals surface area contributed by atoms with Crippen LogP contribution in [0.25, 0.3) is 31.4 Å². The SMILES string of the molecule is CCC1(CC)C(C)c2ccc3c(sc4c(C)cccc43)c2-c2cccc[n+]21. The van der Waals surface area contributed by atoms with Crippen molar-refractivity contribution in [2.24, 2.45) is 0 Å². The summed E-state index contributed by atoms with van der Waals surface area (Å²) in [6.07, 6.45) is 4.60. The van der Waals surface area contributed by atoms with E-state index in [4.69, 9.17) is 0 Å². The van der Waals surface area contributed by atoms with Crippen molar-refractivity contribution in [1.29, 1.82) is 0 Å². The Morgan fingerprint density at radius 3 is 2.48 bits per heavy atom. The van der Waals surface area contributed by atoms with Gasteiger partial charge in [0.05, 0.1) is 5.56 Å². The van der Waals surface area contributed by atoms with Gasteiger partial charge in [-0.05, 0) is 24.1 Å². The van der Waals surface area contributed by atoms with Gasteiger partial charge in [0.15, 0.2) is 11.7 Å². The molecule has 0 bridgehead atoms. The highest BCUT2D eigenvalue weighted by Gasteiger charge is 2.49. The smallest absolute Gasteiger partial charge is 0.192 e. The zero-order valence-electron chi connectivity index (χ0n) is 16.5. The Kier molecular flexibility index (Phi) is 3.70. The van der Waals surface area contributed by atoms with Gasteiger partial charge in [-0.25, -0.2) is 0 Å². The fraction of sp³-hybridized carbons (Fsp3) is 0.320. The number of benzene rings is 2. The van der Waals surface area contributed by atoms with Crippen LogP contribution in [-0.4, -0.2) is 0 Å². The Morgan fingerprint density at radius 1 is 0.926 bits per heavy atom. The van der Waals surface area contributed by atoms with E-state index < -0.39 is 0 Å². The van der Waals surface area contributed by atoms with Crippen LogP contribution in [-0.2, 0) is 5.54 Å².